The van der Waals surface area contributed by atoms with Crippen LogP contribution in [0, 0.1) is 6.92 Å². The summed E-state index contributed by atoms with van der Waals surface area (Å²) < 4.78 is 1.95. The van der Waals surface area contributed by atoms with Gasteiger partial charge in [-0.05, 0) is 30.2 Å². The Kier molecular flexibility index (Phi) is 4.53. The molecule has 6 heteroatoms. The van der Waals surface area contributed by atoms with E-state index in [4.69, 9.17) is 11.6 Å². The summed E-state index contributed by atoms with van der Waals surface area (Å²) in [4.78, 5) is 22.2. The van der Waals surface area contributed by atoms with Crippen molar-refractivity contribution < 1.29 is 4.79 Å². The maximum absolute atomic E-state index is 12.0. The Morgan fingerprint density at radius 3 is 2.79 bits per heavy atom. The molecule has 1 amide bonds. The zero-order chi connectivity index (χ0) is 17.3. The summed E-state index contributed by atoms with van der Waals surface area (Å²) in [5.74, 6) is 0.0545. The number of amides is 1. The van der Waals surface area contributed by atoms with Crippen LogP contribution in [0.2, 0.25) is 5.02 Å². The number of aryl methyl sites for hydroxylation is 1. The van der Waals surface area contributed by atoms with E-state index >= 15 is 0 Å². The molecule has 124 valence electrons. The van der Waals surface area contributed by atoms with Crippen molar-refractivity contribution >= 4 is 28.4 Å². The molecule has 0 fully saturated rings. The molecule has 0 radical (unpaired) electrons. The highest BCUT2D eigenvalue weighted by Crippen LogP contribution is 2.25. The van der Waals surface area contributed by atoms with Gasteiger partial charge in [0.25, 0.3) is 0 Å². The van der Waals surface area contributed by atoms with Crippen molar-refractivity contribution in [2.45, 2.75) is 19.9 Å². The van der Waals surface area contributed by atoms with Gasteiger partial charge in [0.05, 0.1) is 16.2 Å². The predicted octanol–water partition coefficient (Wildman–Crippen LogP) is 3.07. The van der Waals surface area contributed by atoms with Crippen molar-refractivity contribution in [3.63, 3.8) is 0 Å². The lowest BCUT2D eigenvalue weighted by Crippen LogP contribution is -2.25. The van der Waals surface area contributed by atoms with E-state index in [2.05, 4.69) is 9.97 Å². The first kappa shape index (κ1) is 16.5. The normalized spacial score (nSPS) is 11.0. The standard InChI is InChI=1S/C18H19ClN4O/c1-12-9-20-10-15(19)14(12)8-16-13-5-7-23(11-18(24)22(2)3)17(13)4-6-21-16/h4-7,9-10H,8,11H2,1-3H3. The van der Waals surface area contributed by atoms with E-state index in [-0.39, 0.29) is 5.91 Å². The van der Waals surface area contributed by atoms with E-state index in [9.17, 15) is 4.79 Å². The van der Waals surface area contributed by atoms with Crippen LogP contribution in [0.5, 0.6) is 0 Å². The van der Waals surface area contributed by atoms with Gasteiger partial charge in [0, 0.05) is 50.7 Å². The SMILES string of the molecule is Cc1cncc(Cl)c1Cc1nccc2c1ccn2CC(=O)N(C)C. The van der Waals surface area contributed by atoms with Crippen LogP contribution < -0.4 is 0 Å². The van der Waals surface area contributed by atoms with Crippen molar-refractivity contribution in [3.05, 3.63) is 58.8 Å². The molecule has 3 aromatic rings. The molecule has 0 spiro atoms. The predicted molar refractivity (Wildman–Crippen MR) is 95.2 cm³/mol. The summed E-state index contributed by atoms with van der Waals surface area (Å²) in [6, 6.07) is 3.94. The van der Waals surface area contributed by atoms with Gasteiger partial charge in [-0.3, -0.25) is 14.8 Å². The fourth-order valence-electron chi connectivity index (χ4n) is 2.70. The lowest BCUT2D eigenvalue weighted by molar-refractivity contribution is -0.129. The number of fused-ring (bicyclic) bond motifs is 1. The Hall–Kier alpha value is -2.40. The second-order valence-electron chi connectivity index (χ2n) is 6.02. The molecule has 0 saturated carbocycles. The second kappa shape index (κ2) is 6.61. The van der Waals surface area contributed by atoms with Crippen LogP contribution in [0.25, 0.3) is 10.9 Å². The van der Waals surface area contributed by atoms with Gasteiger partial charge >= 0.3 is 0 Å². The monoisotopic (exact) mass is 342 g/mol. The molecule has 5 nitrogen and oxygen atoms in total. The number of pyridine rings is 2. The fraction of sp³-hybridized carbons (Fsp3) is 0.278. The maximum Gasteiger partial charge on any atom is 0.241 e. The van der Waals surface area contributed by atoms with Gasteiger partial charge in [-0.25, -0.2) is 0 Å². The number of carbonyl (C=O) groups is 1. The number of hydrogen-bond acceptors (Lipinski definition) is 3. The quantitative estimate of drug-likeness (QED) is 0.732. The van der Waals surface area contributed by atoms with Crippen LogP contribution in [0.15, 0.2) is 36.9 Å². The van der Waals surface area contributed by atoms with Gasteiger partial charge in [-0.15, -0.1) is 0 Å². The van der Waals surface area contributed by atoms with E-state index < -0.39 is 0 Å². The Morgan fingerprint density at radius 2 is 2.08 bits per heavy atom. The van der Waals surface area contributed by atoms with E-state index in [1.54, 1.807) is 31.4 Å². The number of hydrogen-bond donors (Lipinski definition) is 0. The van der Waals surface area contributed by atoms with Crippen molar-refractivity contribution in [3.8, 4) is 0 Å². The number of rotatable bonds is 4. The number of halogens is 1. The molecule has 0 aliphatic heterocycles. The first-order valence-corrected chi connectivity index (χ1v) is 8.07. The largest absolute Gasteiger partial charge is 0.347 e. The highest BCUT2D eigenvalue weighted by molar-refractivity contribution is 6.31. The molecule has 24 heavy (non-hydrogen) atoms. The van der Waals surface area contributed by atoms with Crippen LogP contribution >= 0.6 is 11.6 Å². The van der Waals surface area contributed by atoms with Crippen molar-refractivity contribution in [1.82, 2.24) is 19.4 Å². The minimum Gasteiger partial charge on any atom is -0.347 e. The van der Waals surface area contributed by atoms with Crippen molar-refractivity contribution in [2.24, 2.45) is 0 Å². The fourth-order valence-corrected chi connectivity index (χ4v) is 2.97. The highest BCUT2D eigenvalue weighted by atomic mass is 35.5. The molecule has 0 N–H and O–H groups in total. The number of likely N-dealkylation sites (N-methyl/N-ethyl adjacent to an activating group) is 1. The molecule has 0 atom stereocenters. The maximum atomic E-state index is 12.0. The van der Waals surface area contributed by atoms with E-state index in [0.717, 1.165) is 27.7 Å². The van der Waals surface area contributed by atoms with Gasteiger partial charge in [0.1, 0.15) is 6.54 Å². The van der Waals surface area contributed by atoms with Gasteiger partial charge < -0.3 is 9.47 Å². The molecule has 0 aromatic carbocycles. The number of aromatic nitrogens is 3. The summed E-state index contributed by atoms with van der Waals surface area (Å²) in [5, 5.41) is 1.69. The van der Waals surface area contributed by atoms with Crippen LogP contribution in [-0.4, -0.2) is 39.4 Å². The van der Waals surface area contributed by atoms with Crippen molar-refractivity contribution in [1.29, 1.82) is 0 Å². The third kappa shape index (κ3) is 3.12. The van der Waals surface area contributed by atoms with E-state index in [1.165, 1.54) is 0 Å². The Labute approximate surface area is 145 Å². The lowest BCUT2D eigenvalue weighted by atomic mass is 10.0. The molecular weight excluding hydrogens is 324 g/mol. The first-order chi connectivity index (χ1) is 11.5. The molecule has 3 rings (SSSR count). The van der Waals surface area contributed by atoms with Gasteiger partial charge in [-0.2, -0.15) is 0 Å². The van der Waals surface area contributed by atoms with Gasteiger partial charge in [0.15, 0.2) is 0 Å². The first-order valence-electron chi connectivity index (χ1n) is 7.69. The summed E-state index contributed by atoms with van der Waals surface area (Å²) in [7, 11) is 3.52. The van der Waals surface area contributed by atoms with Gasteiger partial charge in [0.2, 0.25) is 5.91 Å². The molecule has 0 aliphatic carbocycles. The number of nitrogens with zero attached hydrogens (tertiary/aromatic N) is 4. The molecule has 0 aliphatic rings. The summed E-state index contributed by atoms with van der Waals surface area (Å²) in [6.45, 7) is 2.31. The highest BCUT2D eigenvalue weighted by Gasteiger charge is 2.13. The van der Waals surface area contributed by atoms with Crippen LogP contribution in [0.4, 0.5) is 0 Å². The average molecular weight is 343 g/mol. The lowest BCUT2D eigenvalue weighted by Gasteiger charge is -2.12. The van der Waals surface area contributed by atoms with E-state index in [1.807, 2.05) is 36.0 Å². The van der Waals surface area contributed by atoms with Crippen LogP contribution in [0.3, 0.4) is 0 Å². The molecule has 0 saturated heterocycles. The molecule has 3 heterocycles. The Morgan fingerprint density at radius 1 is 1.29 bits per heavy atom. The summed E-state index contributed by atoms with van der Waals surface area (Å²) in [6.07, 6.45) is 7.81. The Balaban J connectivity index is 1.99. The van der Waals surface area contributed by atoms with Crippen molar-refractivity contribution in [2.75, 3.05) is 14.1 Å². The second-order valence-corrected chi connectivity index (χ2v) is 6.42. The minimum atomic E-state index is 0.0545. The topological polar surface area (TPSA) is 51.0 Å². The number of carbonyl (C=O) groups excluding carboxylic acids is 1. The smallest absolute Gasteiger partial charge is 0.241 e. The average Bonchev–Trinajstić information content (AvgIpc) is 2.95. The summed E-state index contributed by atoms with van der Waals surface area (Å²) >= 11 is 6.29. The summed E-state index contributed by atoms with van der Waals surface area (Å²) in [5.41, 5.74) is 4.02. The molecule has 0 bridgehead atoms. The minimum absolute atomic E-state index is 0.0545. The zero-order valence-corrected chi connectivity index (χ0v) is 14.7. The zero-order valence-electron chi connectivity index (χ0n) is 14.0. The molecule has 3 aromatic heterocycles. The Bertz CT molecular complexity index is 881. The van der Waals surface area contributed by atoms with Gasteiger partial charge in [-0.1, -0.05) is 11.6 Å². The third-order valence-corrected chi connectivity index (χ3v) is 4.47. The van der Waals surface area contributed by atoms with E-state index in [0.29, 0.717) is 18.0 Å². The third-order valence-electron chi connectivity index (χ3n) is 4.15. The van der Waals surface area contributed by atoms with Crippen LogP contribution in [0.1, 0.15) is 16.8 Å². The molecular formula is C18H19ClN4O. The van der Waals surface area contributed by atoms with Crippen LogP contribution in [-0.2, 0) is 17.8 Å². The molecule has 0 unspecified atom stereocenters.